The Morgan fingerprint density at radius 3 is 2.56 bits per heavy atom. The number of rotatable bonds is 3. The summed E-state index contributed by atoms with van der Waals surface area (Å²) in [5, 5.41) is 17.4. The molecule has 0 N–H and O–H groups in total. The van der Waals surface area contributed by atoms with E-state index in [-0.39, 0.29) is 24.4 Å². The number of benzene rings is 1. The van der Waals surface area contributed by atoms with E-state index in [0.717, 1.165) is 6.20 Å². The van der Waals surface area contributed by atoms with E-state index in [1.54, 1.807) is 29.8 Å². The smallest absolute Gasteiger partial charge is 0.370 e. The monoisotopic (exact) mass is 470 g/mol. The second-order valence-electron chi connectivity index (χ2n) is 8.21. The molecule has 34 heavy (non-hydrogen) atoms. The highest BCUT2D eigenvalue weighted by molar-refractivity contribution is 5.82. The highest BCUT2D eigenvalue weighted by Crippen LogP contribution is 2.41. The van der Waals surface area contributed by atoms with Crippen molar-refractivity contribution in [3.05, 3.63) is 60.2 Å². The Kier molecular flexibility index (Phi) is 5.00. The van der Waals surface area contributed by atoms with Gasteiger partial charge >= 0.3 is 6.18 Å². The van der Waals surface area contributed by atoms with Crippen molar-refractivity contribution in [2.45, 2.75) is 24.7 Å². The third kappa shape index (κ3) is 3.63. The van der Waals surface area contributed by atoms with Gasteiger partial charge in [0.2, 0.25) is 5.78 Å². The van der Waals surface area contributed by atoms with Crippen LogP contribution in [0.1, 0.15) is 29.9 Å². The first-order valence-electron chi connectivity index (χ1n) is 10.4. The molecule has 12 heteroatoms. The lowest BCUT2D eigenvalue weighted by Gasteiger charge is -2.38. The number of piperidine rings is 1. The van der Waals surface area contributed by atoms with Gasteiger partial charge in [0.1, 0.15) is 12.4 Å². The fourth-order valence-electron chi connectivity index (χ4n) is 4.37. The van der Waals surface area contributed by atoms with Crippen molar-refractivity contribution < 1.29 is 17.6 Å². The minimum Gasteiger partial charge on any atom is -0.370 e. The maximum atomic E-state index is 15.6. The minimum absolute atomic E-state index is 0.0853. The van der Waals surface area contributed by atoms with Crippen LogP contribution in [0.25, 0.3) is 16.9 Å². The number of aromatic nitrogens is 6. The zero-order valence-electron chi connectivity index (χ0n) is 18.0. The average molecular weight is 470 g/mol. The minimum atomic E-state index is -4.59. The van der Waals surface area contributed by atoms with E-state index in [9.17, 15) is 18.4 Å². The van der Waals surface area contributed by atoms with Gasteiger partial charge in [0, 0.05) is 62.7 Å². The second-order valence-corrected chi connectivity index (χ2v) is 8.21. The molecule has 0 spiro atoms. The summed E-state index contributed by atoms with van der Waals surface area (Å²) < 4.78 is 57.6. The Morgan fingerprint density at radius 2 is 1.91 bits per heavy atom. The molecule has 4 heterocycles. The van der Waals surface area contributed by atoms with Crippen LogP contribution < -0.4 is 4.90 Å². The molecule has 0 atom stereocenters. The van der Waals surface area contributed by atoms with Crippen LogP contribution in [0.5, 0.6) is 0 Å². The maximum absolute atomic E-state index is 15.6. The molecule has 5 rings (SSSR count). The lowest BCUT2D eigenvalue weighted by Crippen LogP contribution is -2.42. The SMILES string of the molecule is Cn1cnnc1C1(F)CCN(c2c(C#N)cccc2-c2cnc3nc(C(F)(F)F)cn3c2)CC1. The van der Waals surface area contributed by atoms with E-state index >= 15 is 4.39 Å². The molecule has 0 amide bonds. The zero-order valence-corrected chi connectivity index (χ0v) is 18.0. The van der Waals surface area contributed by atoms with E-state index in [4.69, 9.17) is 0 Å². The number of hydrogen-bond donors (Lipinski definition) is 0. The number of anilines is 1. The topological polar surface area (TPSA) is 87.9 Å². The lowest BCUT2D eigenvalue weighted by atomic mass is 9.90. The first-order valence-corrected chi connectivity index (χ1v) is 10.4. The molecular formula is C22H18F4N8. The van der Waals surface area contributed by atoms with Crippen LogP contribution in [0, 0.1) is 11.3 Å². The van der Waals surface area contributed by atoms with Crippen LogP contribution in [0.15, 0.2) is 43.1 Å². The first-order chi connectivity index (χ1) is 16.2. The normalized spacial score (nSPS) is 16.1. The fourth-order valence-corrected chi connectivity index (χ4v) is 4.37. The van der Waals surface area contributed by atoms with Crippen molar-refractivity contribution in [2.75, 3.05) is 18.0 Å². The van der Waals surface area contributed by atoms with Gasteiger partial charge in [0.05, 0.1) is 11.3 Å². The van der Waals surface area contributed by atoms with Gasteiger partial charge in [0.25, 0.3) is 0 Å². The molecule has 1 aromatic carbocycles. The predicted octanol–water partition coefficient (Wildman–Crippen LogP) is 3.88. The Morgan fingerprint density at radius 1 is 1.15 bits per heavy atom. The number of imidazole rings is 1. The third-order valence-corrected chi connectivity index (χ3v) is 6.05. The van der Waals surface area contributed by atoms with Crippen molar-refractivity contribution in [3.8, 4) is 17.2 Å². The Bertz CT molecular complexity index is 1410. The van der Waals surface area contributed by atoms with Crippen molar-refractivity contribution in [3.63, 3.8) is 0 Å². The van der Waals surface area contributed by atoms with E-state index in [1.807, 2.05) is 4.90 Å². The van der Waals surface area contributed by atoms with Crippen molar-refractivity contribution in [1.29, 1.82) is 5.26 Å². The first kappa shape index (κ1) is 21.8. The number of halogens is 4. The number of aryl methyl sites for hydroxylation is 1. The average Bonchev–Trinajstić information content (AvgIpc) is 3.45. The third-order valence-electron chi connectivity index (χ3n) is 6.05. The number of nitriles is 1. The van der Waals surface area contributed by atoms with Gasteiger partial charge < -0.3 is 9.47 Å². The summed E-state index contributed by atoms with van der Waals surface area (Å²) in [5.74, 6) is 0.175. The summed E-state index contributed by atoms with van der Waals surface area (Å²) in [6.45, 7) is 0.627. The van der Waals surface area contributed by atoms with Gasteiger partial charge in [-0.15, -0.1) is 10.2 Å². The summed E-state index contributed by atoms with van der Waals surface area (Å²) in [5.41, 5.74) is -0.597. The summed E-state index contributed by atoms with van der Waals surface area (Å²) in [6.07, 6.45) is 0.946. The molecule has 0 aliphatic carbocycles. The zero-order chi connectivity index (χ0) is 24.1. The van der Waals surface area contributed by atoms with Crippen LogP contribution >= 0.6 is 0 Å². The molecule has 0 saturated carbocycles. The molecule has 4 aromatic rings. The molecule has 1 fully saturated rings. The van der Waals surface area contributed by atoms with Crippen LogP contribution in [0.4, 0.5) is 23.2 Å². The van der Waals surface area contributed by atoms with E-state index < -0.39 is 17.5 Å². The fraction of sp³-hybridized carbons (Fsp3) is 0.318. The van der Waals surface area contributed by atoms with Crippen LogP contribution in [-0.4, -0.2) is 42.2 Å². The highest BCUT2D eigenvalue weighted by Gasteiger charge is 2.41. The largest absolute Gasteiger partial charge is 0.434 e. The molecule has 3 aromatic heterocycles. The molecule has 0 unspecified atom stereocenters. The van der Waals surface area contributed by atoms with E-state index in [0.29, 0.717) is 35.5 Å². The predicted molar refractivity (Wildman–Crippen MR) is 113 cm³/mol. The van der Waals surface area contributed by atoms with Gasteiger partial charge in [-0.3, -0.25) is 4.40 Å². The Hall–Kier alpha value is -4.01. The van der Waals surface area contributed by atoms with Gasteiger partial charge in [-0.25, -0.2) is 14.4 Å². The summed E-state index contributed by atoms with van der Waals surface area (Å²) in [7, 11) is 1.69. The van der Waals surface area contributed by atoms with Crippen LogP contribution in [0.3, 0.4) is 0 Å². The number of nitrogens with zero attached hydrogens (tertiary/aromatic N) is 8. The molecular weight excluding hydrogens is 452 g/mol. The maximum Gasteiger partial charge on any atom is 0.434 e. The molecule has 1 aliphatic heterocycles. The van der Waals surface area contributed by atoms with Gasteiger partial charge in [-0.05, 0) is 6.07 Å². The second kappa shape index (κ2) is 7.79. The number of hydrogen-bond acceptors (Lipinski definition) is 6. The van der Waals surface area contributed by atoms with Crippen LogP contribution in [0.2, 0.25) is 0 Å². The molecule has 174 valence electrons. The summed E-state index contributed by atoms with van der Waals surface area (Å²) in [4.78, 5) is 9.51. The molecule has 1 saturated heterocycles. The molecule has 0 bridgehead atoms. The van der Waals surface area contributed by atoms with Gasteiger partial charge in [0.15, 0.2) is 17.2 Å². The van der Waals surface area contributed by atoms with E-state index in [1.165, 1.54) is 23.1 Å². The molecule has 0 radical (unpaired) electrons. The standard InChI is InChI=1S/C22H18F4N8/c1-32-13-29-31-19(32)21(23)5-7-33(8-6-21)18-14(9-27)3-2-4-16(18)15-10-28-20-30-17(22(24,25)26)12-34(20)11-15/h2-4,10-13H,5-8H2,1H3. The lowest BCUT2D eigenvalue weighted by molar-refractivity contribution is -0.140. The Labute approximate surface area is 191 Å². The number of alkyl halides is 4. The molecule has 8 nitrogen and oxygen atoms in total. The van der Waals surface area contributed by atoms with Crippen molar-refractivity contribution >= 4 is 11.5 Å². The van der Waals surface area contributed by atoms with Crippen LogP contribution in [-0.2, 0) is 18.9 Å². The highest BCUT2D eigenvalue weighted by atomic mass is 19.4. The Balaban J connectivity index is 1.52. The van der Waals surface area contributed by atoms with E-state index in [2.05, 4.69) is 26.2 Å². The van der Waals surface area contributed by atoms with Crippen molar-refractivity contribution in [1.82, 2.24) is 29.1 Å². The summed E-state index contributed by atoms with van der Waals surface area (Å²) >= 11 is 0. The van der Waals surface area contributed by atoms with Gasteiger partial charge in [-0.1, -0.05) is 12.1 Å². The van der Waals surface area contributed by atoms with Crippen molar-refractivity contribution in [2.24, 2.45) is 7.05 Å². The number of para-hydroxylation sites is 1. The van der Waals surface area contributed by atoms with Gasteiger partial charge in [-0.2, -0.15) is 18.4 Å². The quantitative estimate of drug-likeness (QED) is 0.423. The number of fused-ring (bicyclic) bond motifs is 1. The summed E-state index contributed by atoms with van der Waals surface area (Å²) in [6, 6.07) is 7.29. The molecule has 1 aliphatic rings.